The maximum atomic E-state index is 12.6. The summed E-state index contributed by atoms with van der Waals surface area (Å²) in [5.41, 5.74) is 6.01. The van der Waals surface area contributed by atoms with Gasteiger partial charge in [0.2, 0.25) is 5.91 Å². The van der Waals surface area contributed by atoms with E-state index in [9.17, 15) is 4.79 Å². The van der Waals surface area contributed by atoms with Crippen LogP contribution in [0.3, 0.4) is 0 Å². The highest BCUT2D eigenvalue weighted by atomic mass is 35.5. The molecule has 2 aliphatic carbocycles. The van der Waals surface area contributed by atoms with E-state index < -0.39 is 0 Å². The first-order chi connectivity index (χ1) is 8.58. The summed E-state index contributed by atoms with van der Waals surface area (Å²) in [5.74, 6) is 1.28. The minimum absolute atomic E-state index is 0. The standard InChI is InChI=1S/C15H28N2O.ClH/c1-11(2)8-9-17(14-6-7-14)15(18)12-4-3-5-13(16)10-12;/h11-14H,3-10,16H2,1-2H3;1H. The van der Waals surface area contributed by atoms with Gasteiger partial charge in [-0.05, 0) is 44.4 Å². The Hall–Kier alpha value is -0.280. The van der Waals surface area contributed by atoms with Crippen LogP contribution < -0.4 is 5.73 Å². The van der Waals surface area contributed by atoms with Gasteiger partial charge in [-0.1, -0.05) is 20.3 Å². The molecule has 0 aliphatic heterocycles. The molecule has 2 aliphatic rings. The fraction of sp³-hybridized carbons (Fsp3) is 0.933. The lowest BCUT2D eigenvalue weighted by molar-refractivity contribution is -0.137. The van der Waals surface area contributed by atoms with Crippen molar-refractivity contribution in [2.75, 3.05) is 6.54 Å². The van der Waals surface area contributed by atoms with Gasteiger partial charge in [0.15, 0.2) is 0 Å². The maximum Gasteiger partial charge on any atom is 0.225 e. The number of hydrogen-bond acceptors (Lipinski definition) is 2. The van der Waals surface area contributed by atoms with Crippen molar-refractivity contribution < 1.29 is 4.79 Å². The number of carbonyl (C=O) groups is 1. The van der Waals surface area contributed by atoms with E-state index in [1.165, 1.54) is 12.8 Å². The minimum atomic E-state index is 0. The fourth-order valence-corrected chi connectivity index (χ4v) is 2.94. The minimum Gasteiger partial charge on any atom is -0.339 e. The smallest absolute Gasteiger partial charge is 0.225 e. The lowest BCUT2D eigenvalue weighted by Gasteiger charge is -2.32. The fourth-order valence-electron chi connectivity index (χ4n) is 2.94. The monoisotopic (exact) mass is 288 g/mol. The topological polar surface area (TPSA) is 46.3 Å². The van der Waals surface area contributed by atoms with Crippen molar-refractivity contribution in [1.29, 1.82) is 0 Å². The van der Waals surface area contributed by atoms with E-state index in [4.69, 9.17) is 5.73 Å². The number of nitrogens with zero attached hydrogens (tertiary/aromatic N) is 1. The molecule has 2 fully saturated rings. The van der Waals surface area contributed by atoms with Crippen LogP contribution in [0, 0.1) is 11.8 Å². The molecule has 1 amide bonds. The molecule has 4 heteroatoms. The Morgan fingerprint density at radius 1 is 1.26 bits per heavy atom. The first-order valence-electron chi connectivity index (χ1n) is 7.64. The van der Waals surface area contributed by atoms with Crippen LogP contribution in [0.2, 0.25) is 0 Å². The molecule has 0 saturated heterocycles. The summed E-state index contributed by atoms with van der Waals surface area (Å²) in [6, 6.07) is 0.799. The van der Waals surface area contributed by atoms with Crippen LogP contribution >= 0.6 is 12.4 Å². The van der Waals surface area contributed by atoms with E-state index >= 15 is 0 Å². The van der Waals surface area contributed by atoms with Crippen LogP contribution in [0.5, 0.6) is 0 Å². The highest BCUT2D eigenvalue weighted by Gasteiger charge is 2.36. The number of carbonyl (C=O) groups excluding carboxylic acids is 1. The Kier molecular flexibility index (Phi) is 6.61. The summed E-state index contributed by atoms with van der Waals surface area (Å²) in [4.78, 5) is 14.8. The van der Waals surface area contributed by atoms with Crippen LogP contribution in [0.4, 0.5) is 0 Å². The van der Waals surface area contributed by atoms with Gasteiger partial charge in [0.05, 0.1) is 0 Å². The average molecular weight is 289 g/mol. The van der Waals surface area contributed by atoms with Gasteiger partial charge in [0.25, 0.3) is 0 Å². The van der Waals surface area contributed by atoms with Crippen molar-refractivity contribution in [1.82, 2.24) is 4.90 Å². The van der Waals surface area contributed by atoms with Crippen molar-refractivity contribution in [2.24, 2.45) is 17.6 Å². The Morgan fingerprint density at radius 3 is 2.47 bits per heavy atom. The highest BCUT2D eigenvalue weighted by Crippen LogP contribution is 2.32. The second-order valence-electron chi connectivity index (χ2n) is 6.57. The normalized spacial score (nSPS) is 26.9. The van der Waals surface area contributed by atoms with E-state index in [2.05, 4.69) is 18.7 Å². The molecule has 0 heterocycles. The molecular weight excluding hydrogens is 260 g/mol. The van der Waals surface area contributed by atoms with Crippen molar-refractivity contribution in [3.05, 3.63) is 0 Å². The van der Waals surface area contributed by atoms with Crippen molar-refractivity contribution in [3.8, 4) is 0 Å². The zero-order valence-electron chi connectivity index (χ0n) is 12.3. The van der Waals surface area contributed by atoms with E-state index in [-0.39, 0.29) is 24.4 Å². The summed E-state index contributed by atoms with van der Waals surface area (Å²) in [6.07, 6.45) is 7.73. The van der Waals surface area contributed by atoms with Crippen LogP contribution in [0.15, 0.2) is 0 Å². The third-order valence-electron chi connectivity index (χ3n) is 4.28. The molecule has 2 N–H and O–H groups in total. The Bertz CT molecular complexity index is 292. The third-order valence-corrected chi connectivity index (χ3v) is 4.28. The van der Waals surface area contributed by atoms with E-state index in [1.807, 2.05) is 0 Å². The number of amides is 1. The van der Waals surface area contributed by atoms with Crippen LogP contribution in [-0.4, -0.2) is 29.4 Å². The number of rotatable bonds is 5. The number of halogens is 1. The Labute approximate surface area is 123 Å². The molecule has 0 radical (unpaired) electrons. The predicted molar refractivity (Wildman–Crippen MR) is 81.4 cm³/mol. The maximum absolute atomic E-state index is 12.6. The van der Waals surface area contributed by atoms with Gasteiger partial charge in [0, 0.05) is 24.5 Å². The summed E-state index contributed by atoms with van der Waals surface area (Å²) >= 11 is 0. The zero-order chi connectivity index (χ0) is 13.1. The average Bonchev–Trinajstić information content (AvgIpc) is 3.13. The molecule has 112 valence electrons. The van der Waals surface area contributed by atoms with Crippen LogP contribution in [-0.2, 0) is 4.79 Å². The SMILES string of the molecule is CC(C)CCN(C(=O)C1CCCC(N)C1)C1CC1.Cl. The quantitative estimate of drug-likeness (QED) is 0.845. The molecule has 3 nitrogen and oxygen atoms in total. The van der Waals surface area contributed by atoms with Crippen LogP contribution in [0.1, 0.15) is 58.8 Å². The first-order valence-corrected chi connectivity index (χ1v) is 7.64. The molecule has 0 spiro atoms. The predicted octanol–water partition coefficient (Wildman–Crippen LogP) is 2.96. The molecule has 2 unspecified atom stereocenters. The lowest BCUT2D eigenvalue weighted by atomic mass is 9.85. The summed E-state index contributed by atoms with van der Waals surface area (Å²) in [6.45, 7) is 5.41. The summed E-state index contributed by atoms with van der Waals surface area (Å²) < 4.78 is 0. The van der Waals surface area contributed by atoms with Gasteiger partial charge in [0.1, 0.15) is 0 Å². The van der Waals surface area contributed by atoms with E-state index in [0.29, 0.717) is 17.9 Å². The highest BCUT2D eigenvalue weighted by molar-refractivity contribution is 5.85. The van der Waals surface area contributed by atoms with E-state index in [1.54, 1.807) is 0 Å². The van der Waals surface area contributed by atoms with Gasteiger partial charge in [-0.2, -0.15) is 0 Å². The van der Waals surface area contributed by atoms with Crippen molar-refractivity contribution >= 4 is 18.3 Å². The van der Waals surface area contributed by atoms with Gasteiger partial charge in [-0.3, -0.25) is 4.79 Å². The molecular formula is C15H29ClN2O. The van der Waals surface area contributed by atoms with Crippen molar-refractivity contribution in [3.63, 3.8) is 0 Å². The zero-order valence-corrected chi connectivity index (χ0v) is 13.1. The Morgan fingerprint density at radius 2 is 1.95 bits per heavy atom. The van der Waals surface area contributed by atoms with Gasteiger partial charge in [-0.25, -0.2) is 0 Å². The molecule has 0 aromatic rings. The molecule has 19 heavy (non-hydrogen) atoms. The molecule has 2 rings (SSSR count). The molecule has 0 aromatic heterocycles. The van der Waals surface area contributed by atoms with Gasteiger partial charge >= 0.3 is 0 Å². The Balaban J connectivity index is 0.00000180. The van der Waals surface area contributed by atoms with E-state index in [0.717, 1.165) is 38.6 Å². The second-order valence-corrected chi connectivity index (χ2v) is 6.57. The van der Waals surface area contributed by atoms with Gasteiger partial charge < -0.3 is 10.6 Å². The largest absolute Gasteiger partial charge is 0.339 e. The molecule has 0 aromatic carbocycles. The first kappa shape index (κ1) is 16.8. The second kappa shape index (κ2) is 7.49. The number of nitrogens with two attached hydrogens (primary N) is 1. The third kappa shape index (κ3) is 4.96. The van der Waals surface area contributed by atoms with Crippen molar-refractivity contribution in [2.45, 2.75) is 70.9 Å². The molecule has 0 bridgehead atoms. The van der Waals surface area contributed by atoms with Crippen LogP contribution in [0.25, 0.3) is 0 Å². The molecule has 2 atom stereocenters. The lowest BCUT2D eigenvalue weighted by Crippen LogP contribution is -2.42. The molecule has 2 saturated carbocycles. The summed E-state index contributed by atoms with van der Waals surface area (Å²) in [7, 11) is 0. The van der Waals surface area contributed by atoms with Gasteiger partial charge in [-0.15, -0.1) is 12.4 Å². The summed E-state index contributed by atoms with van der Waals surface area (Å²) in [5, 5.41) is 0. The number of hydrogen-bond donors (Lipinski definition) is 1.